The molecule has 0 fully saturated rings. The van der Waals surface area contributed by atoms with E-state index >= 15 is 0 Å². The van der Waals surface area contributed by atoms with Crippen molar-refractivity contribution in [1.29, 1.82) is 0 Å². The first-order valence-electron chi connectivity index (χ1n) is 7.07. The van der Waals surface area contributed by atoms with Crippen molar-refractivity contribution in [1.82, 2.24) is 5.32 Å². The Bertz CT molecular complexity index is 747. The van der Waals surface area contributed by atoms with Crippen LogP contribution in [0.5, 0.6) is 5.75 Å². The predicted molar refractivity (Wildman–Crippen MR) is 82.3 cm³/mol. The summed E-state index contributed by atoms with van der Waals surface area (Å²) in [5.41, 5.74) is 0.334. The van der Waals surface area contributed by atoms with E-state index in [2.05, 4.69) is 10.1 Å². The van der Waals surface area contributed by atoms with Crippen molar-refractivity contribution in [2.45, 2.75) is 6.61 Å². The third-order valence-corrected chi connectivity index (χ3v) is 2.94. The molecule has 2 amide bonds. The van der Waals surface area contributed by atoms with Gasteiger partial charge in [-0.3, -0.25) is 14.9 Å². The molecular weight excluding hydrogens is 336 g/mol. The molecule has 1 N–H and O–H groups in total. The third kappa shape index (κ3) is 5.69. The van der Waals surface area contributed by atoms with Crippen molar-refractivity contribution in [2.75, 3.05) is 6.61 Å². The van der Waals surface area contributed by atoms with Crippen LogP contribution in [-0.4, -0.2) is 31.0 Å². The van der Waals surface area contributed by atoms with E-state index in [4.69, 9.17) is 4.74 Å². The van der Waals surface area contributed by atoms with E-state index in [0.717, 1.165) is 0 Å². The zero-order chi connectivity index (χ0) is 18.2. The highest BCUT2D eigenvalue weighted by Gasteiger charge is 2.14. The van der Waals surface area contributed by atoms with Crippen LogP contribution in [0.4, 0.5) is 8.78 Å². The molecule has 130 valence electrons. The van der Waals surface area contributed by atoms with E-state index < -0.39 is 31.0 Å². The highest BCUT2D eigenvalue weighted by Crippen LogP contribution is 2.15. The van der Waals surface area contributed by atoms with Gasteiger partial charge in [0.15, 0.2) is 6.61 Å². The van der Waals surface area contributed by atoms with Crippen molar-refractivity contribution >= 4 is 17.8 Å². The molecular formula is C17H13F2NO5. The Hall–Kier alpha value is -3.29. The second-order valence-corrected chi connectivity index (χ2v) is 4.72. The number of esters is 1. The summed E-state index contributed by atoms with van der Waals surface area (Å²) in [4.78, 5) is 35.1. The van der Waals surface area contributed by atoms with Crippen molar-refractivity contribution < 1.29 is 32.6 Å². The second kappa shape index (κ2) is 8.53. The number of ether oxygens (including phenoxy) is 2. The van der Waals surface area contributed by atoms with Crippen molar-refractivity contribution in [2.24, 2.45) is 0 Å². The summed E-state index contributed by atoms with van der Waals surface area (Å²) in [6.45, 7) is -3.63. The molecule has 0 saturated carbocycles. The van der Waals surface area contributed by atoms with Gasteiger partial charge in [-0.15, -0.1) is 0 Å². The van der Waals surface area contributed by atoms with Gasteiger partial charge in [0.25, 0.3) is 11.8 Å². The summed E-state index contributed by atoms with van der Waals surface area (Å²) in [6, 6.07) is 12.8. The molecule has 2 rings (SSSR count). The largest absolute Gasteiger partial charge is 0.452 e. The number of halogens is 2. The molecule has 8 heteroatoms. The maximum absolute atomic E-state index is 12.0. The van der Waals surface area contributed by atoms with Crippen LogP contribution in [-0.2, 0) is 9.53 Å². The van der Waals surface area contributed by atoms with Gasteiger partial charge < -0.3 is 9.47 Å². The molecule has 6 nitrogen and oxygen atoms in total. The minimum atomic E-state index is -2.97. The summed E-state index contributed by atoms with van der Waals surface area (Å²) < 4.78 is 33.0. The number of rotatable bonds is 6. The molecule has 0 atom stereocenters. The van der Waals surface area contributed by atoms with Crippen LogP contribution < -0.4 is 10.1 Å². The van der Waals surface area contributed by atoms with Gasteiger partial charge in [-0.2, -0.15) is 8.78 Å². The van der Waals surface area contributed by atoms with Crippen LogP contribution in [0.25, 0.3) is 0 Å². The SMILES string of the molecule is O=C(COC(=O)c1ccc(OC(F)F)cc1)NC(=O)c1ccccc1. The molecule has 2 aromatic carbocycles. The Balaban J connectivity index is 1.83. The van der Waals surface area contributed by atoms with Gasteiger partial charge in [0.1, 0.15) is 5.75 Å². The van der Waals surface area contributed by atoms with Crippen LogP contribution in [0, 0.1) is 0 Å². The average molecular weight is 349 g/mol. The van der Waals surface area contributed by atoms with Crippen LogP contribution in [0.2, 0.25) is 0 Å². The van der Waals surface area contributed by atoms with Gasteiger partial charge in [-0.1, -0.05) is 18.2 Å². The van der Waals surface area contributed by atoms with Crippen LogP contribution >= 0.6 is 0 Å². The van der Waals surface area contributed by atoms with E-state index in [1.807, 2.05) is 0 Å². The molecule has 0 bridgehead atoms. The van der Waals surface area contributed by atoms with Gasteiger partial charge in [0.05, 0.1) is 5.56 Å². The van der Waals surface area contributed by atoms with Gasteiger partial charge >= 0.3 is 12.6 Å². The van der Waals surface area contributed by atoms with Crippen LogP contribution in [0.1, 0.15) is 20.7 Å². The monoisotopic (exact) mass is 349 g/mol. The molecule has 25 heavy (non-hydrogen) atoms. The summed E-state index contributed by atoms with van der Waals surface area (Å²) in [7, 11) is 0. The van der Waals surface area contributed by atoms with Gasteiger partial charge in [-0.05, 0) is 36.4 Å². The number of hydrogen-bond donors (Lipinski definition) is 1. The maximum atomic E-state index is 12.0. The highest BCUT2D eigenvalue weighted by molar-refractivity contribution is 6.05. The van der Waals surface area contributed by atoms with Crippen LogP contribution in [0.3, 0.4) is 0 Å². The van der Waals surface area contributed by atoms with E-state index in [-0.39, 0.29) is 16.9 Å². The quantitative estimate of drug-likeness (QED) is 0.810. The van der Waals surface area contributed by atoms with Crippen molar-refractivity contribution in [3.05, 3.63) is 65.7 Å². The standard InChI is InChI=1S/C17H13F2NO5/c18-17(19)25-13-8-6-12(7-9-13)16(23)24-10-14(21)20-15(22)11-4-2-1-3-5-11/h1-9,17H,10H2,(H,20,21,22). The first kappa shape index (κ1) is 18.1. The number of hydrogen-bond acceptors (Lipinski definition) is 5. The molecule has 0 spiro atoms. The average Bonchev–Trinajstić information content (AvgIpc) is 2.60. The maximum Gasteiger partial charge on any atom is 0.387 e. The summed E-state index contributed by atoms with van der Waals surface area (Å²) in [5.74, 6) is -2.36. The van der Waals surface area contributed by atoms with Crippen molar-refractivity contribution in [3.8, 4) is 5.75 Å². The fraction of sp³-hybridized carbons (Fsp3) is 0.118. The van der Waals surface area contributed by atoms with Gasteiger partial charge in [0, 0.05) is 5.56 Å². The zero-order valence-corrected chi connectivity index (χ0v) is 12.8. The Kier molecular flexibility index (Phi) is 6.16. The normalized spacial score (nSPS) is 10.2. The van der Waals surface area contributed by atoms with Crippen molar-refractivity contribution in [3.63, 3.8) is 0 Å². The molecule has 0 aliphatic carbocycles. The molecule has 2 aromatic rings. The zero-order valence-electron chi connectivity index (χ0n) is 12.8. The topological polar surface area (TPSA) is 81.7 Å². The molecule has 0 heterocycles. The Labute approximate surface area is 141 Å². The highest BCUT2D eigenvalue weighted by atomic mass is 19.3. The first-order valence-corrected chi connectivity index (χ1v) is 7.07. The number of benzene rings is 2. The minimum absolute atomic E-state index is 0.0452. The lowest BCUT2D eigenvalue weighted by Crippen LogP contribution is -2.34. The molecule has 0 aliphatic rings. The fourth-order valence-electron chi connectivity index (χ4n) is 1.81. The van der Waals surface area contributed by atoms with Crippen LogP contribution in [0.15, 0.2) is 54.6 Å². The van der Waals surface area contributed by atoms with E-state index in [9.17, 15) is 23.2 Å². The Morgan fingerprint density at radius 1 is 0.920 bits per heavy atom. The molecule has 0 saturated heterocycles. The van der Waals surface area contributed by atoms with E-state index in [0.29, 0.717) is 0 Å². The molecule has 0 radical (unpaired) electrons. The Morgan fingerprint density at radius 2 is 1.56 bits per heavy atom. The smallest absolute Gasteiger partial charge is 0.387 e. The van der Waals surface area contributed by atoms with Gasteiger partial charge in [0.2, 0.25) is 0 Å². The van der Waals surface area contributed by atoms with E-state index in [1.54, 1.807) is 18.2 Å². The molecule has 0 aliphatic heterocycles. The number of alkyl halides is 2. The lowest BCUT2D eigenvalue weighted by Gasteiger charge is -2.07. The fourth-order valence-corrected chi connectivity index (χ4v) is 1.81. The molecule has 0 aromatic heterocycles. The minimum Gasteiger partial charge on any atom is -0.452 e. The summed E-state index contributed by atoms with van der Waals surface area (Å²) in [6.07, 6.45) is 0. The second-order valence-electron chi connectivity index (χ2n) is 4.72. The Morgan fingerprint density at radius 3 is 2.16 bits per heavy atom. The third-order valence-electron chi connectivity index (χ3n) is 2.94. The summed E-state index contributed by atoms with van der Waals surface area (Å²) in [5, 5.41) is 2.08. The number of carbonyl (C=O) groups excluding carboxylic acids is 3. The lowest BCUT2D eigenvalue weighted by atomic mass is 10.2. The van der Waals surface area contributed by atoms with E-state index in [1.165, 1.54) is 36.4 Å². The first-order chi connectivity index (χ1) is 12.0. The number of amides is 2. The number of imide groups is 1. The number of carbonyl (C=O) groups is 3. The van der Waals surface area contributed by atoms with Gasteiger partial charge in [-0.25, -0.2) is 4.79 Å². The molecule has 0 unspecified atom stereocenters. The summed E-state index contributed by atoms with van der Waals surface area (Å²) >= 11 is 0. The predicted octanol–water partition coefficient (Wildman–Crippen LogP) is 2.40. The number of nitrogens with one attached hydrogen (secondary N) is 1. The lowest BCUT2D eigenvalue weighted by molar-refractivity contribution is -0.123.